The van der Waals surface area contributed by atoms with E-state index in [1.807, 2.05) is 13.0 Å². The number of hydrogen-bond acceptors (Lipinski definition) is 3. The second-order valence-corrected chi connectivity index (χ2v) is 6.21. The summed E-state index contributed by atoms with van der Waals surface area (Å²) in [5.41, 5.74) is 1.97. The van der Waals surface area contributed by atoms with Crippen LogP contribution in [0.4, 0.5) is 5.69 Å². The zero-order valence-corrected chi connectivity index (χ0v) is 12.5. The summed E-state index contributed by atoms with van der Waals surface area (Å²) in [6, 6.07) is 12.2. The van der Waals surface area contributed by atoms with Crippen molar-refractivity contribution in [3.8, 4) is 5.75 Å². The van der Waals surface area contributed by atoms with Crippen LogP contribution in [-0.2, 0) is 10.0 Å². The molecule has 1 N–H and O–H groups in total. The van der Waals surface area contributed by atoms with Crippen molar-refractivity contribution in [3.63, 3.8) is 0 Å². The lowest BCUT2D eigenvalue weighted by atomic mass is 10.1. The first-order chi connectivity index (χ1) is 9.44. The van der Waals surface area contributed by atoms with Gasteiger partial charge in [0.05, 0.1) is 12.0 Å². The van der Waals surface area contributed by atoms with Crippen molar-refractivity contribution in [3.05, 3.63) is 53.6 Å². The van der Waals surface area contributed by atoms with Crippen LogP contribution in [0.5, 0.6) is 5.75 Å². The number of methoxy groups -OCH3 is 1. The van der Waals surface area contributed by atoms with Crippen LogP contribution in [0.25, 0.3) is 0 Å². The molecule has 4 nitrogen and oxygen atoms in total. The van der Waals surface area contributed by atoms with E-state index in [2.05, 4.69) is 4.72 Å². The van der Waals surface area contributed by atoms with Crippen molar-refractivity contribution < 1.29 is 13.2 Å². The summed E-state index contributed by atoms with van der Waals surface area (Å²) in [5.74, 6) is 0.682. The van der Waals surface area contributed by atoms with E-state index in [1.54, 1.807) is 50.4 Å². The third-order valence-electron chi connectivity index (χ3n) is 3.01. The average Bonchev–Trinajstić information content (AvgIpc) is 2.41. The number of aryl methyl sites for hydroxylation is 2. The van der Waals surface area contributed by atoms with Crippen LogP contribution in [0, 0.1) is 13.8 Å². The number of hydrogen-bond donors (Lipinski definition) is 1. The van der Waals surface area contributed by atoms with Gasteiger partial charge in [0.15, 0.2) is 0 Å². The monoisotopic (exact) mass is 291 g/mol. The highest BCUT2D eigenvalue weighted by molar-refractivity contribution is 7.92. The average molecular weight is 291 g/mol. The maximum absolute atomic E-state index is 12.4. The molecule has 2 aromatic rings. The van der Waals surface area contributed by atoms with Crippen molar-refractivity contribution in [1.82, 2.24) is 0 Å². The Hall–Kier alpha value is -2.01. The Balaban J connectivity index is 2.42. The normalized spacial score (nSPS) is 11.2. The molecule has 0 saturated heterocycles. The summed E-state index contributed by atoms with van der Waals surface area (Å²) in [6.45, 7) is 3.57. The third-order valence-corrected chi connectivity index (χ3v) is 4.53. The molecule has 0 bridgehead atoms. The summed E-state index contributed by atoms with van der Waals surface area (Å²) in [6.07, 6.45) is 0. The zero-order chi connectivity index (χ0) is 14.8. The van der Waals surface area contributed by atoms with Crippen LogP contribution in [-0.4, -0.2) is 15.5 Å². The van der Waals surface area contributed by atoms with Gasteiger partial charge >= 0.3 is 0 Å². The highest BCUT2D eigenvalue weighted by atomic mass is 32.2. The molecule has 2 aromatic carbocycles. The minimum atomic E-state index is -3.60. The van der Waals surface area contributed by atoms with Crippen LogP contribution < -0.4 is 9.46 Å². The lowest BCUT2D eigenvalue weighted by Gasteiger charge is -2.13. The van der Waals surface area contributed by atoms with E-state index in [0.29, 0.717) is 17.0 Å². The highest BCUT2D eigenvalue weighted by Crippen LogP contribution is 2.26. The molecule has 0 aliphatic rings. The van der Waals surface area contributed by atoms with Crippen molar-refractivity contribution in [2.24, 2.45) is 0 Å². The van der Waals surface area contributed by atoms with Crippen molar-refractivity contribution in [1.29, 1.82) is 0 Å². The number of para-hydroxylation sites is 1. The second kappa shape index (κ2) is 5.54. The van der Waals surface area contributed by atoms with E-state index in [9.17, 15) is 8.42 Å². The van der Waals surface area contributed by atoms with Crippen LogP contribution >= 0.6 is 0 Å². The highest BCUT2D eigenvalue weighted by Gasteiger charge is 2.18. The topological polar surface area (TPSA) is 55.4 Å². The Morgan fingerprint density at radius 3 is 2.25 bits per heavy atom. The maximum Gasteiger partial charge on any atom is 0.262 e. The molecule has 0 amide bonds. The first kappa shape index (κ1) is 14.4. The number of anilines is 1. The summed E-state index contributed by atoms with van der Waals surface area (Å²) in [7, 11) is -2.03. The van der Waals surface area contributed by atoms with Crippen LogP contribution in [0.1, 0.15) is 11.1 Å². The maximum atomic E-state index is 12.4. The Labute approximate surface area is 119 Å². The summed E-state index contributed by atoms with van der Waals surface area (Å²) in [5, 5.41) is 0. The van der Waals surface area contributed by atoms with Crippen LogP contribution in [0.15, 0.2) is 47.4 Å². The van der Waals surface area contributed by atoms with Gasteiger partial charge in [0, 0.05) is 5.69 Å². The fourth-order valence-electron chi connectivity index (χ4n) is 1.99. The number of nitrogens with one attached hydrogen (secondary N) is 1. The Morgan fingerprint density at radius 1 is 1.00 bits per heavy atom. The van der Waals surface area contributed by atoms with E-state index in [0.717, 1.165) is 5.56 Å². The fraction of sp³-hybridized carbons (Fsp3) is 0.200. The molecule has 0 atom stereocenters. The largest absolute Gasteiger partial charge is 0.496 e. The number of sulfonamides is 1. The number of rotatable bonds is 4. The van der Waals surface area contributed by atoms with E-state index in [4.69, 9.17) is 4.74 Å². The SMILES string of the molecule is COc1cc(C)c(S(=O)(=O)Nc2ccccc2)cc1C. The first-order valence-corrected chi connectivity index (χ1v) is 7.65. The second-order valence-electron chi connectivity index (χ2n) is 4.56. The van der Waals surface area contributed by atoms with Gasteiger partial charge < -0.3 is 4.74 Å². The summed E-state index contributed by atoms with van der Waals surface area (Å²) in [4.78, 5) is 0.264. The van der Waals surface area contributed by atoms with Gasteiger partial charge in [-0.05, 0) is 49.2 Å². The number of ether oxygens (including phenoxy) is 1. The van der Waals surface area contributed by atoms with Crippen LogP contribution in [0.3, 0.4) is 0 Å². The summed E-state index contributed by atoms with van der Waals surface area (Å²) < 4.78 is 32.6. The first-order valence-electron chi connectivity index (χ1n) is 6.17. The van der Waals surface area contributed by atoms with E-state index in [-0.39, 0.29) is 4.90 Å². The van der Waals surface area contributed by atoms with Crippen molar-refractivity contribution in [2.45, 2.75) is 18.7 Å². The minimum Gasteiger partial charge on any atom is -0.496 e. The van der Waals surface area contributed by atoms with Gasteiger partial charge in [-0.15, -0.1) is 0 Å². The molecule has 2 rings (SSSR count). The molecule has 5 heteroatoms. The van der Waals surface area contributed by atoms with Gasteiger partial charge in [-0.25, -0.2) is 8.42 Å². The smallest absolute Gasteiger partial charge is 0.262 e. The molecule has 0 heterocycles. The minimum absolute atomic E-state index is 0.264. The van der Waals surface area contributed by atoms with Crippen molar-refractivity contribution >= 4 is 15.7 Å². The quantitative estimate of drug-likeness (QED) is 0.941. The fourth-order valence-corrected chi connectivity index (χ4v) is 3.36. The van der Waals surface area contributed by atoms with Gasteiger partial charge in [-0.3, -0.25) is 4.72 Å². The molecule has 106 valence electrons. The lowest BCUT2D eigenvalue weighted by molar-refractivity contribution is 0.411. The van der Waals surface area contributed by atoms with E-state index >= 15 is 0 Å². The van der Waals surface area contributed by atoms with Gasteiger partial charge in [0.1, 0.15) is 5.75 Å². The lowest BCUT2D eigenvalue weighted by Crippen LogP contribution is -2.14. The predicted molar refractivity (Wildman–Crippen MR) is 79.7 cm³/mol. The molecule has 20 heavy (non-hydrogen) atoms. The van der Waals surface area contributed by atoms with Crippen LogP contribution in [0.2, 0.25) is 0 Å². The Bertz CT molecular complexity index is 709. The standard InChI is InChI=1S/C15H17NO3S/c1-11-10-15(12(2)9-14(11)19-3)20(17,18)16-13-7-5-4-6-8-13/h4-10,16H,1-3H3. The molecular formula is C15H17NO3S. The molecule has 0 saturated carbocycles. The van der Waals surface area contributed by atoms with E-state index in [1.165, 1.54) is 0 Å². The van der Waals surface area contributed by atoms with Crippen molar-refractivity contribution in [2.75, 3.05) is 11.8 Å². The van der Waals surface area contributed by atoms with Gasteiger partial charge in [-0.1, -0.05) is 18.2 Å². The molecule has 0 spiro atoms. The Morgan fingerprint density at radius 2 is 1.65 bits per heavy atom. The van der Waals surface area contributed by atoms with Gasteiger partial charge in [0.2, 0.25) is 0 Å². The zero-order valence-electron chi connectivity index (χ0n) is 11.7. The molecule has 0 fully saturated rings. The molecule has 0 radical (unpaired) electrons. The Kier molecular flexibility index (Phi) is 3.99. The van der Waals surface area contributed by atoms with Gasteiger partial charge in [-0.2, -0.15) is 0 Å². The van der Waals surface area contributed by atoms with Gasteiger partial charge in [0.25, 0.3) is 10.0 Å². The molecule has 0 aliphatic heterocycles. The summed E-state index contributed by atoms with van der Waals surface area (Å²) >= 11 is 0. The molecule has 0 aromatic heterocycles. The molecular weight excluding hydrogens is 274 g/mol. The molecule has 0 aliphatic carbocycles. The van der Waals surface area contributed by atoms with E-state index < -0.39 is 10.0 Å². The third kappa shape index (κ3) is 2.93. The predicted octanol–water partition coefficient (Wildman–Crippen LogP) is 3.11. The number of benzene rings is 2. The molecule has 0 unspecified atom stereocenters.